The smallest absolute Gasteiger partial charge is 0.162 e. The highest BCUT2D eigenvalue weighted by molar-refractivity contribution is 6.35. The van der Waals surface area contributed by atoms with E-state index in [1.54, 1.807) is 0 Å². The first-order chi connectivity index (χ1) is 23.7. The standard InChI is InChI=1S/C42H26N4O2/c1-23-21-43-17-15-27(23)25-11-13-31-29(19-25)37-39-42(48-35-9-5-3-7-33(35)45(31)39)38-30-20-26(28-16-18-44-22-24(28)2)12-14-32(30)46-34-8-4-6-10-36(34)47-41(37)40(38)46/h3-22H,1-2H3. The summed E-state index contributed by atoms with van der Waals surface area (Å²) in [4.78, 5) is 8.70. The summed E-state index contributed by atoms with van der Waals surface area (Å²) >= 11 is 0. The number of aromatic nitrogens is 4. The fraction of sp³-hybridized carbons (Fsp3) is 0.0476. The van der Waals surface area contributed by atoms with Crippen LogP contribution in [-0.4, -0.2) is 18.8 Å². The van der Waals surface area contributed by atoms with E-state index in [1.165, 1.54) is 0 Å². The molecule has 6 aromatic heterocycles. The van der Waals surface area contributed by atoms with Gasteiger partial charge in [0, 0.05) is 35.6 Å². The van der Waals surface area contributed by atoms with Crippen LogP contribution >= 0.6 is 0 Å². The molecule has 6 nitrogen and oxygen atoms in total. The number of pyridine rings is 2. The number of nitrogens with zero attached hydrogens (tertiary/aromatic N) is 4. The van der Waals surface area contributed by atoms with Crippen LogP contribution in [0.25, 0.3) is 99.2 Å². The molecule has 6 heterocycles. The minimum atomic E-state index is 0.826. The average Bonchev–Trinajstić information content (AvgIpc) is 3.65. The molecule has 0 saturated heterocycles. The van der Waals surface area contributed by atoms with Crippen molar-refractivity contribution in [2.75, 3.05) is 0 Å². The Balaban J connectivity index is 1.43. The maximum absolute atomic E-state index is 7.02. The van der Waals surface area contributed by atoms with Gasteiger partial charge < -0.3 is 17.6 Å². The molecule has 0 spiro atoms. The quantitative estimate of drug-likeness (QED) is 0.181. The van der Waals surface area contributed by atoms with Crippen molar-refractivity contribution >= 4 is 77.0 Å². The lowest BCUT2D eigenvalue weighted by molar-refractivity contribution is 0.653. The molecule has 0 N–H and O–H groups in total. The minimum absolute atomic E-state index is 0.826. The molecule has 0 fully saturated rings. The van der Waals surface area contributed by atoms with Gasteiger partial charge in [0.15, 0.2) is 22.3 Å². The Labute approximate surface area is 273 Å². The van der Waals surface area contributed by atoms with E-state index >= 15 is 0 Å². The van der Waals surface area contributed by atoms with Gasteiger partial charge in [-0.3, -0.25) is 9.97 Å². The van der Waals surface area contributed by atoms with Crippen molar-refractivity contribution in [1.29, 1.82) is 0 Å². The van der Waals surface area contributed by atoms with E-state index in [4.69, 9.17) is 8.83 Å². The average molecular weight is 619 g/mol. The molecule has 0 radical (unpaired) electrons. The molecule has 6 heteroatoms. The minimum Gasteiger partial charge on any atom is -0.452 e. The second-order valence-corrected chi connectivity index (χ2v) is 12.8. The van der Waals surface area contributed by atoms with Crippen molar-refractivity contribution in [3.8, 4) is 22.3 Å². The highest BCUT2D eigenvalue weighted by Gasteiger charge is 2.28. The highest BCUT2D eigenvalue weighted by Crippen LogP contribution is 2.48. The number of benzene rings is 5. The van der Waals surface area contributed by atoms with Crippen LogP contribution in [0.3, 0.4) is 0 Å². The maximum Gasteiger partial charge on any atom is 0.162 e. The third kappa shape index (κ3) is 3.21. The van der Waals surface area contributed by atoms with Crippen LogP contribution < -0.4 is 0 Å². The van der Waals surface area contributed by atoms with Crippen LogP contribution in [0.15, 0.2) is 131 Å². The van der Waals surface area contributed by atoms with E-state index in [2.05, 4.69) is 118 Å². The zero-order valence-electron chi connectivity index (χ0n) is 26.2. The number of rotatable bonds is 2. The van der Waals surface area contributed by atoms with Crippen LogP contribution in [0, 0.1) is 13.8 Å². The lowest BCUT2D eigenvalue weighted by Gasteiger charge is -2.11. The number of fused-ring (bicyclic) bond motifs is 12. The van der Waals surface area contributed by atoms with E-state index < -0.39 is 0 Å². The SMILES string of the molecule is Cc1cnccc1-c1ccc2c(c1)c1c3oc4ccccc4n4c5ccc(-c6ccncc6C)cc5c(c5oc6ccccc6n2c51)c34. The van der Waals surface area contributed by atoms with E-state index in [0.717, 1.165) is 110 Å². The molecule has 0 bridgehead atoms. The number of aryl methyl sites for hydroxylation is 2. The summed E-state index contributed by atoms with van der Waals surface area (Å²) < 4.78 is 18.8. The predicted octanol–water partition coefficient (Wildman–Crippen LogP) is 11.0. The van der Waals surface area contributed by atoms with Gasteiger partial charge in [0.05, 0.1) is 32.8 Å². The first kappa shape index (κ1) is 25.8. The molecule has 0 amide bonds. The molecule has 5 aromatic carbocycles. The second kappa shape index (κ2) is 9.11. The van der Waals surface area contributed by atoms with Crippen molar-refractivity contribution in [1.82, 2.24) is 18.8 Å². The monoisotopic (exact) mass is 618 g/mol. The van der Waals surface area contributed by atoms with E-state index in [-0.39, 0.29) is 0 Å². The van der Waals surface area contributed by atoms with Gasteiger partial charge >= 0.3 is 0 Å². The Hall–Kier alpha value is -6.40. The maximum atomic E-state index is 7.02. The lowest BCUT2D eigenvalue weighted by Crippen LogP contribution is -1.93. The molecule has 226 valence electrons. The van der Waals surface area contributed by atoms with Gasteiger partial charge in [-0.1, -0.05) is 36.4 Å². The van der Waals surface area contributed by atoms with Gasteiger partial charge in [0.25, 0.3) is 0 Å². The van der Waals surface area contributed by atoms with Crippen molar-refractivity contribution in [2.24, 2.45) is 0 Å². The molecule has 0 atom stereocenters. The van der Waals surface area contributed by atoms with Crippen LogP contribution in [0.5, 0.6) is 0 Å². The number of para-hydroxylation sites is 4. The predicted molar refractivity (Wildman–Crippen MR) is 194 cm³/mol. The Morgan fingerprint density at radius 1 is 0.500 bits per heavy atom. The fourth-order valence-electron chi connectivity index (χ4n) is 8.01. The van der Waals surface area contributed by atoms with Crippen molar-refractivity contribution in [3.05, 3.63) is 133 Å². The molecular formula is C42H26N4O2. The van der Waals surface area contributed by atoms with Gasteiger partial charge in [-0.05, 0) is 108 Å². The van der Waals surface area contributed by atoms with Gasteiger partial charge in [-0.2, -0.15) is 0 Å². The Morgan fingerprint density at radius 3 is 1.42 bits per heavy atom. The van der Waals surface area contributed by atoms with Gasteiger partial charge in [0.2, 0.25) is 0 Å². The van der Waals surface area contributed by atoms with E-state index in [0.29, 0.717) is 0 Å². The van der Waals surface area contributed by atoms with Crippen LogP contribution in [0.2, 0.25) is 0 Å². The molecule has 0 aliphatic carbocycles. The third-order valence-corrected chi connectivity index (χ3v) is 10.1. The summed E-state index contributed by atoms with van der Waals surface area (Å²) in [5, 5.41) is 4.31. The molecule has 11 rings (SSSR count). The zero-order chi connectivity index (χ0) is 31.7. The first-order valence-corrected chi connectivity index (χ1v) is 16.1. The van der Waals surface area contributed by atoms with Crippen LogP contribution in [0.4, 0.5) is 0 Å². The molecule has 11 aromatic rings. The number of hydrogen-bond donors (Lipinski definition) is 0. The van der Waals surface area contributed by atoms with Crippen molar-refractivity contribution in [3.63, 3.8) is 0 Å². The third-order valence-electron chi connectivity index (χ3n) is 10.1. The van der Waals surface area contributed by atoms with Crippen LogP contribution in [-0.2, 0) is 0 Å². The summed E-state index contributed by atoms with van der Waals surface area (Å²) in [7, 11) is 0. The largest absolute Gasteiger partial charge is 0.452 e. The fourth-order valence-corrected chi connectivity index (χ4v) is 8.01. The van der Waals surface area contributed by atoms with Gasteiger partial charge in [-0.25, -0.2) is 0 Å². The topological polar surface area (TPSA) is 60.9 Å². The van der Waals surface area contributed by atoms with E-state index in [9.17, 15) is 0 Å². The summed E-state index contributed by atoms with van der Waals surface area (Å²) in [5.74, 6) is 0. The zero-order valence-corrected chi connectivity index (χ0v) is 26.2. The normalized spacial score (nSPS) is 12.4. The van der Waals surface area contributed by atoms with Gasteiger partial charge in [-0.15, -0.1) is 0 Å². The molecule has 0 aliphatic rings. The first-order valence-electron chi connectivity index (χ1n) is 16.1. The van der Waals surface area contributed by atoms with E-state index in [1.807, 2.05) is 36.9 Å². The van der Waals surface area contributed by atoms with Crippen LogP contribution in [0.1, 0.15) is 11.1 Å². The molecule has 0 aliphatic heterocycles. The Kier molecular flexibility index (Phi) is 4.89. The molecule has 0 unspecified atom stereocenters. The van der Waals surface area contributed by atoms with Gasteiger partial charge in [0.1, 0.15) is 11.0 Å². The lowest BCUT2D eigenvalue weighted by atomic mass is 9.99. The summed E-state index contributed by atoms with van der Waals surface area (Å²) in [6.45, 7) is 4.22. The molecule has 48 heavy (non-hydrogen) atoms. The Morgan fingerprint density at radius 2 is 0.958 bits per heavy atom. The molecule has 0 saturated carbocycles. The van der Waals surface area contributed by atoms with Crippen molar-refractivity contribution < 1.29 is 8.83 Å². The number of hydrogen-bond acceptors (Lipinski definition) is 4. The summed E-state index contributed by atoms with van der Waals surface area (Å²) in [6, 6.07) is 34.3. The molecular weight excluding hydrogens is 592 g/mol. The second-order valence-electron chi connectivity index (χ2n) is 12.8. The summed E-state index contributed by atoms with van der Waals surface area (Å²) in [6.07, 6.45) is 7.57. The van der Waals surface area contributed by atoms with Crippen molar-refractivity contribution in [2.45, 2.75) is 13.8 Å². The Bertz CT molecular complexity index is 2940. The summed E-state index contributed by atoms with van der Waals surface area (Å²) in [5.41, 5.74) is 16.5. The highest BCUT2D eigenvalue weighted by atomic mass is 16.3.